The van der Waals surface area contributed by atoms with E-state index in [4.69, 9.17) is 4.74 Å². The number of alkyl carbamates (subject to hydrolysis) is 1. The fraction of sp³-hybridized carbons (Fsp3) is 0.312. The van der Waals surface area contributed by atoms with Gasteiger partial charge in [-0.05, 0) is 5.56 Å². The summed E-state index contributed by atoms with van der Waals surface area (Å²) >= 11 is 0.952. The van der Waals surface area contributed by atoms with Crippen molar-refractivity contribution in [1.29, 1.82) is 0 Å². The molecule has 0 saturated carbocycles. The van der Waals surface area contributed by atoms with E-state index in [-0.39, 0.29) is 24.1 Å². The molecule has 1 atom stereocenters. The zero-order chi connectivity index (χ0) is 19.6. The Morgan fingerprint density at radius 2 is 1.93 bits per heavy atom. The van der Waals surface area contributed by atoms with Crippen LogP contribution in [-0.2, 0) is 20.7 Å². The van der Waals surface area contributed by atoms with Gasteiger partial charge in [0.2, 0.25) is 16.9 Å². The van der Waals surface area contributed by atoms with Crippen LogP contribution in [0, 0.1) is 0 Å². The SMILES string of the molecule is COC(=O)NC(Cc1ccccc1)C(=O)NCC(=O)Nc1nc(OC)ns1. The molecule has 0 radical (unpaired) electrons. The average Bonchev–Trinajstić information content (AvgIpc) is 3.13. The van der Waals surface area contributed by atoms with Gasteiger partial charge < -0.3 is 20.1 Å². The fourth-order valence-corrected chi connectivity index (χ4v) is 2.62. The third-order valence-electron chi connectivity index (χ3n) is 3.34. The van der Waals surface area contributed by atoms with Gasteiger partial charge in [-0.2, -0.15) is 4.98 Å². The smallest absolute Gasteiger partial charge is 0.407 e. The number of rotatable bonds is 8. The molecule has 0 aliphatic carbocycles. The summed E-state index contributed by atoms with van der Waals surface area (Å²) < 4.78 is 13.2. The van der Waals surface area contributed by atoms with Crippen molar-refractivity contribution < 1.29 is 23.9 Å². The van der Waals surface area contributed by atoms with Crippen LogP contribution in [0.5, 0.6) is 6.01 Å². The second-order valence-corrected chi connectivity index (χ2v) is 5.98. The number of hydrogen-bond acceptors (Lipinski definition) is 8. The number of nitrogens with one attached hydrogen (secondary N) is 3. The summed E-state index contributed by atoms with van der Waals surface area (Å²) in [7, 11) is 2.62. The second kappa shape index (κ2) is 10.1. The van der Waals surface area contributed by atoms with E-state index >= 15 is 0 Å². The maximum Gasteiger partial charge on any atom is 0.407 e. The van der Waals surface area contributed by atoms with E-state index in [0.29, 0.717) is 0 Å². The topological polar surface area (TPSA) is 132 Å². The van der Waals surface area contributed by atoms with Crippen molar-refractivity contribution in [1.82, 2.24) is 20.0 Å². The lowest BCUT2D eigenvalue weighted by Crippen LogP contribution is -2.49. The molecule has 144 valence electrons. The number of benzene rings is 1. The molecule has 0 bridgehead atoms. The molecule has 3 amide bonds. The Morgan fingerprint density at radius 1 is 1.19 bits per heavy atom. The van der Waals surface area contributed by atoms with Gasteiger partial charge in [-0.3, -0.25) is 14.9 Å². The van der Waals surface area contributed by atoms with Gasteiger partial charge in [0.25, 0.3) is 0 Å². The van der Waals surface area contributed by atoms with Crippen molar-refractivity contribution in [3.8, 4) is 6.01 Å². The molecule has 1 heterocycles. The molecule has 10 nitrogen and oxygen atoms in total. The number of methoxy groups -OCH3 is 2. The van der Waals surface area contributed by atoms with Crippen molar-refractivity contribution in [2.24, 2.45) is 0 Å². The van der Waals surface area contributed by atoms with Crippen molar-refractivity contribution in [3.05, 3.63) is 35.9 Å². The van der Waals surface area contributed by atoms with Crippen LogP contribution in [0.3, 0.4) is 0 Å². The van der Waals surface area contributed by atoms with Crippen LogP contribution in [0.1, 0.15) is 5.56 Å². The Kier molecular flexibility index (Phi) is 7.49. The van der Waals surface area contributed by atoms with Crippen LogP contribution in [-0.4, -0.2) is 54.1 Å². The number of anilines is 1. The van der Waals surface area contributed by atoms with E-state index in [9.17, 15) is 14.4 Å². The van der Waals surface area contributed by atoms with Crippen molar-refractivity contribution in [2.75, 3.05) is 26.1 Å². The lowest BCUT2D eigenvalue weighted by atomic mass is 10.1. The molecule has 2 rings (SSSR count). The van der Waals surface area contributed by atoms with Crippen molar-refractivity contribution >= 4 is 34.6 Å². The molecule has 11 heteroatoms. The summed E-state index contributed by atoms with van der Waals surface area (Å²) in [5, 5.41) is 7.68. The molecule has 0 fully saturated rings. The highest BCUT2D eigenvalue weighted by atomic mass is 32.1. The lowest BCUT2D eigenvalue weighted by Gasteiger charge is -2.17. The molecule has 1 aromatic heterocycles. The van der Waals surface area contributed by atoms with Gasteiger partial charge in [0.15, 0.2) is 0 Å². The zero-order valence-electron chi connectivity index (χ0n) is 14.7. The molecule has 1 aromatic carbocycles. The molecule has 0 aliphatic heterocycles. The van der Waals surface area contributed by atoms with Crippen molar-refractivity contribution in [2.45, 2.75) is 12.5 Å². The van der Waals surface area contributed by atoms with E-state index < -0.39 is 23.9 Å². The quantitative estimate of drug-likeness (QED) is 0.597. The third kappa shape index (κ3) is 6.55. The molecular weight excluding hydrogens is 374 g/mol. The monoisotopic (exact) mass is 393 g/mol. The number of aromatic nitrogens is 2. The van der Waals surface area contributed by atoms with Gasteiger partial charge in [0.05, 0.1) is 20.8 Å². The number of amides is 3. The van der Waals surface area contributed by atoms with Gasteiger partial charge in [-0.1, -0.05) is 30.3 Å². The van der Waals surface area contributed by atoms with E-state index in [1.165, 1.54) is 14.2 Å². The highest BCUT2D eigenvalue weighted by molar-refractivity contribution is 7.10. The van der Waals surface area contributed by atoms with Crippen LogP contribution in [0.25, 0.3) is 0 Å². The minimum absolute atomic E-state index is 0.143. The molecule has 1 unspecified atom stereocenters. The summed E-state index contributed by atoms with van der Waals surface area (Å²) in [6.07, 6.45) is -0.492. The van der Waals surface area contributed by atoms with E-state index in [0.717, 1.165) is 17.1 Å². The highest BCUT2D eigenvalue weighted by Gasteiger charge is 2.22. The number of nitrogens with zero attached hydrogens (tertiary/aromatic N) is 2. The second-order valence-electron chi connectivity index (χ2n) is 5.23. The highest BCUT2D eigenvalue weighted by Crippen LogP contribution is 2.15. The number of carbonyl (C=O) groups excluding carboxylic acids is 3. The van der Waals surface area contributed by atoms with Gasteiger partial charge in [-0.15, -0.1) is 4.37 Å². The predicted octanol–water partition coefficient (Wildman–Crippen LogP) is 0.569. The maximum atomic E-state index is 12.4. The summed E-state index contributed by atoms with van der Waals surface area (Å²) in [5.41, 5.74) is 0.847. The van der Waals surface area contributed by atoms with Crippen LogP contribution in [0.4, 0.5) is 9.93 Å². The Hall–Kier alpha value is -3.21. The van der Waals surface area contributed by atoms with Crippen LogP contribution in [0.2, 0.25) is 0 Å². The molecule has 3 N–H and O–H groups in total. The van der Waals surface area contributed by atoms with Gasteiger partial charge >= 0.3 is 12.1 Å². The average molecular weight is 393 g/mol. The zero-order valence-corrected chi connectivity index (χ0v) is 15.5. The number of hydrogen-bond donors (Lipinski definition) is 3. The van der Waals surface area contributed by atoms with Crippen LogP contribution in [0.15, 0.2) is 30.3 Å². The van der Waals surface area contributed by atoms with Crippen LogP contribution < -0.4 is 20.7 Å². The first-order valence-electron chi connectivity index (χ1n) is 7.85. The maximum absolute atomic E-state index is 12.4. The first kappa shape index (κ1) is 20.1. The van der Waals surface area contributed by atoms with E-state index in [1.807, 2.05) is 30.3 Å². The molecule has 0 saturated heterocycles. The normalized spacial score (nSPS) is 11.2. The third-order valence-corrected chi connectivity index (χ3v) is 3.95. The largest absolute Gasteiger partial charge is 0.466 e. The number of ether oxygens (including phenoxy) is 2. The standard InChI is InChI=1S/C16H19N5O5S/c1-25-14-20-15(27-21-14)19-12(22)9-17-13(23)11(18-16(24)26-2)8-10-6-4-3-5-7-10/h3-7,11H,8-9H2,1-2H3,(H,17,23)(H,18,24)(H,19,20,21,22). The molecular formula is C16H19N5O5S. The van der Waals surface area contributed by atoms with Gasteiger partial charge in [-0.25, -0.2) is 4.79 Å². The molecule has 27 heavy (non-hydrogen) atoms. The number of carbonyl (C=O) groups is 3. The lowest BCUT2D eigenvalue weighted by molar-refractivity contribution is -0.125. The van der Waals surface area contributed by atoms with Gasteiger partial charge in [0.1, 0.15) is 6.04 Å². The molecule has 0 spiro atoms. The van der Waals surface area contributed by atoms with Gasteiger partial charge in [0, 0.05) is 18.0 Å². The summed E-state index contributed by atoms with van der Waals surface area (Å²) in [4.78, 5) is 39.7. The van der Waals surface area contributed by atoms with E-state index in [2.05, 4.69) is 30.0 Å². The minimum Gasteiger partial charge on any atom is -0.466 e. The summed E-state index contributed by atoms with van der Waals surface area (Å²) in [5.74, 6) is -1.01. The minimum atomic E-state index is -0.894. The molecule has 0 aliphatic rings. The first-order chi connectivity index (χ1) is 13.0. The Labute approximate surface area is 159 Å². The Balaban J connectivity index is 1.91. The summed E-state index contributed by atoms with van der Waals surface area (Å²) in [6, 6.07) is 8.40. The predicted molar refractivity (Wildman–Crippen MR) is 97.6 cm³/mol. The molecule has 2 aromatic rings. The first-order valence-corrected chi connectivity index (χ1v) is 8.62. The summed E-state index contributed by atoms with van der Waals surface area (Å²) in [6.45, 7) is -0.297. The Bertz CT molecular complexity index is 783. The fourth-order valence-electron chi connectivity index (χ4n) is 2.06. The Morgan fingerprint density at radius 3 is 2.56 bits per heavy atom. The van der Waals surface area contributed by atoms with E-state index in [1.54, 1.807) is 0 Å². The van der Waals surface area contributed by atoms with Crippen LogP contribution >= 0.6 is 11.5 Å². The van der Waals surface area contributed by atoms with Crippen molar-refractivity contribution in [3.63, 3.8) is 0 Å².